The minimum atomic E-state index is -3.11. The van der Waals surface area contributed by atoms with Crippen molar-refractivity contribution in [2.75, 3.05) is 25.0 Å². The maximum absolute atomic E-state index is 13.7. The predicted molar refractivity (Wildman–Crippen MR) is 80.4 cm³/mol. The summed E-state index contributed by atoms with van der Waals surface area (Å²) in [6.07, 6.45) is 1.65. The van der Waals surface area contributed by atoms with Crippen LogP contribution in [0.2, 0.25) is 0 Å². The van der Waals surface area contributed by atoms with Gasteiger partial charge in [0.05, 0.1) is 23.9 Å². The van der Waals surface area contributed by atoms with E-state index in [1.165, 1.54) is 25.5 Å². The van der Waals surface area contributed by atoms with Gasteiger partial charge in [-0.3, -0.25) is 0 Å². The highest BCUT2D eigenvalue weighted by atomic mass is 35.5. The maximum Gasteiger partial charge on any atom is 0.167 e. The lowest BCUT2D eigenvalue weighted by atomic mass is 10.3. The highest BCUT2D eigenvalue weighted by molar-refractivity contribution is 7.90. The first-order valence-electron chi connectivity index (χ1n) is 6.32. The molecule has 0 aliphatic rings. The van der Waals surface area contributed by atoms with E-state index in [9.17, 15) is 12.8 Å². The molecule has 0 spiro atoms. The van der Waals surface area contributed by atoms with E-state index in [0.717, 1.165) is 0 Å². The summed E-state index contributed by atoms with van der Waals surface area (Å²) in [5.74, 6) is 0.557. The molecule has 0 atom stereocenters. The van der Waals surface area contributed by atoms with Crippen molar-refractivity contribution in [3.8, 4) is 5.75 Å². The highest BCUT2D eigenvalue weighted by Gasteiger charge is 2.15. The van der Waals surface area contributed by atoms with Crippen LogP contribution < -0.4 is 4.74 Å². The monoisotopic (exact) mass is 334 g/mol. The zero-order valence-corrected chi connectivity index (χ0v) is 13.3. The first-order valence-corrected chi connectivity index (χ1v) is 8.91. The predicted octanol–water partition coefficient (Wildman–Crippen LogP) is 2.01. The second-order valence-corrected chi connectivity index (χ2v) is 7.36. The number of aryl methyl sites for hydroxylation is 2. The topological polar surface area (TPSA) is 61.2 Å². The molecule has 0 bridgehead atoms. The summed E-state index contributed by atoms with van der Waals surface area (Å²) in [6.45, 7) is 0.246. The number of aromatic nitrogens is 2. The average Bonchev–Trinajstić information content (AvgIpc) is 2.71. The zero-order valence-electron chi connectivity index (χ0n) is 11.8. The molecule has 1 heterocycles. The number of ether oxygens (including phenoxy) is 1. The molecule has 8 heteroatoms. The van der Waals surface area contributed by atoms with Crippen LogP contribution in [0.15, 0.2) is 12.1 Å². The summed E-state index contributed by atoms with van der Waals surface area (Å²) in [4.78, 5) is 4.33. The minimum absolute atomic E-state index is 0.0204. The van der Waals surface area contributed by atoms with Crippen LogP contribution in [0.4, 0.5) is 4.39 Å². The Morgan fingerprint density at radius 1 is 1.43 bits per heavy atom. The Morgan fingerprint density at radius 2 is 2.14 bits per heavy atom. The molecule has 2 aromatic rings. The van der Waals surface area contributed by atoms with Crippen molar-refractivity contribution in [2.45, 2.75) is 13.0 Å². The smallest absolute Gasteiger partial charge is 0.167 e. The Labute approximate surface area is 127 Å². The van der Waals surface area contributed by atoms with Gasteiger partial charge in [-0.05, 0) is 0 Å². The molecule has 0 N–H and O–H groups in total. The summed E-state index contributed by atoms with van der Waals surface area (Å²) < 4.78 is 43.2. The number of hydrogen-bond donors (Lipinski definition) is 0. The number of hydrogen-bond acceptors (Lipinski definition) is 4. The third-order valence-electron chi connectivity index (χ3n) is 3.10. The Kier molecular flexibility index (Phi) is 4.73. The van der Waals surface area contributed by atoms with Crippen molar-refractivity contribution in [3.05, 3.63) is 23.8 Å². The molecular formula is C13H16ClFN2O3S. The van der Waals surface area contributed by atoms with Gasteiger partial charge < -0.3 is 9.30 Å². The number of nitrogens with zero attached hydrogens (tertiary/aromatic N) is 2. The third kappa shape index (κ3) is 3.65. The summed E-state index contributed by atoms with van der Waals surface area (Å²) in [5.41, 5.74) is 1.10. The molecule has 0 saturated carbocycles. The molecule has 2 rings (SSSR count). The number of alkyl halides is 1. The fourth-order valence-corrected chi connectivity index (χ4v) is 2.80. The lowest BCUT2D eigenvalue weighted by Gasteiger charge is -2.08. The Bertz CT molecular complexity index is 758. The van der Waals surface area contributed by atoms with Crippen molar-refractivity contribution in [1.29, 1.82) is 0 Å². The van der Waals surface area contributed by atoms with E-state index in [-0.39, 0.29) is 18.0 Å². The van der Waals surface area contributed by atoms with E-state index in [4.69, 9.17) is 16.3 Å². The van der Waals surface area contributed by atoms with Crippen LogP contribution in [-0.2, 0) is 22.8 Å². The minimum Gasteiger partial charge on any atom is -0.494 e. The van der Waals surface area contributed by atoms with Crippen LogP contribution in [0.25, 0.3) is 11.0 Å². The second kappa shape index (κ2) is 6.19. The largest absolute Gasteiger partial charge is 0.494 e. The van der Waals surface area contributed by atoms with Gasteiger partial charge >= 0.3 is 0 Å². The summed E-state index contributed by atoms with van der Waals surface area (Å²) >= 11 is 5.75. The van der Waals surface area contributed by atoms with Gasteiger partial charge in [-0.2, -0.15) is 0 Å². The number of rotatable bonds is 6. The normalized spacial score (nSPS) is 12.0. The quantitative estimate of drug-likeness (QED) is 0.758. The number of methoxy groups -OCH3 is 1. The number of benzene rings is 1. The molecule has 116 valence electrons. The van der Waals surface area contributed by atoms with Crippen molar-refractivity contribution < 1.29 is 17.5 Å². The number of halogens is 2. The van der Waals surface area contributed by atoms with Crippen LogP contribution in [0.3, 0.4) is 0 Å². The average molecular weight is 335 g/mol. The lowest BCUT2D eigenvalue weighted by molar-refractivity contribution is 0.387. The molecular weight excluding hydrogens is 319 g/mol. The summed E-state index contributed by atoms with van der Waals surface area (Å²) in [7, 11) is -1.74. The van der Waals surface area contributed by atoms with Crippen molar-refractivity contribution in [2.24, 2.45) is 0 Å². The van der Waals surface area contributed by atoms with Crippen molar-refractivity contribution in [3.63, 3.8) is 0 Å². The summed E-state index contributed by atoms with van der Waals surface area (Å²) in [6, 6.07) is 2.81. The zero-order chi connectivity index (χ0) is 15.6. The van der Waals surface area contributed by atoms with Gasteiger partial charge in [0.1, 0.15) is 15.7 Å². The van der Waals surface area contributed by atoms with E-state index in [0.29, 0.717) is 29.2 Å². The number of sulfone groups is 1. The lowest BCUT2D eigenvalue weighted by Crippen LogP contribution is -2.13. The van der Waals surface area contributed by atoms with E-state index in [2.05, 4.69) is 4.98 Å². The molecule has 0 amide bonds. The first-order chi connectivity index (χ1) is 9.85. The number of imidazole rings is 1. The van der Waals surface area contributed by atoms with Gasteiger partial charge in [-0.25, -0.2) is 17.8 Å². The SMILES string of the molecule is COc1cc2c(cc1F)nc(CCCl)n2CCS(C)(=O)=O. The van der Waals surface area contributed by atoms with Crippen molar-refractivity contribution in [1.82, 2.24) is 9.55 Å². The highest BCUT2D eigenvalue weighted by Crippen LogP contribution is 2.26. The fourth-order valence-electron chi connectivity index (χ4n) is 2.11. The van der Waals surface area contributed by atoms with Gasteiger partial charge in [0.25, 0.3) is 0 Å². The molecule has 5 nitrogen and oxygen atoms in total. The third-order valence-corrected chi connectivity index (χ3v) is 4.22. The maximum atomic E-state index is 13.7. The molecule has 1 aromatic carbocycles. The first kappa shape index (κ1) is 16.0. The van der Waals surface area contributed by atoms with Gasteiger partial charge in [0.15, 0.2) is 11.6 Å². The van der Waals surface area contributed by atoms with Gasteiger partial charge in [0, 0.05) is 37.2 Å². The van der Waals surface area contributed by atoms with Crippen LogP contribution in [-0.4, -0.2) is 43.0 Å². The molecule has 0 aliphatic heterocycles. The van der Waals surface area contributed by atoms with Gasteiger partial charge in [-0.15, -0.1) is 11.6 Å². The fraction of sp³-hybridized carbons (Fsp3) is 0.462. The Hall–Kier alpha value is -1.34. The Morgan fingerprint density at radius 3 is 2.71 bits per heavy atom. The molecule has 0 radical (unpaired) electrons. The van der Waals surface area contributed by atoms with Gasteiger partial charge in [0.2, 0.25) is 0 Å². The summed E-state index contributed by atoms with van der Waals surface area (Å²) in [5, 5.41) is 0. The van der Waals surface area contributed by atoms with Crippen LogP contribution in [0.5, 0.6) is 5.75 Å². The van der Waals surface area contributed by atoms with E-state index < -0.39 is 15.7 Å². The van der Waals surface area contributed by atoms with E-state index in [1.807, 2.05) is 0 Å². The Balaban J connectivity index is 2.54. The van der Waals surface area contributed by atoms with Crippen LogP contribution in [0, 0.1) is 5.82 Å². The van der Waals surface area contributed by atoms with E-state index >= 15 is 0 Å². The van der Waals surface area contributed by atoms with Gasteiger partial charge in [-0.1, -0.05) is 0 Å². The molecule has 21 heavy (non-hydrogen) atoms. The number of fused-ring (bicyclic) bond motifs is 1. The molecule has 0 fully saturated rings. The molecule has 1 aromatic heterocycles. The van der Waals surface area contributed by atoms with E-state index in [1.54, 1.807) is 4.57 Å². The van der Waals surface area contributed by atoms with Crippen LogP contribution >= 0.6 is 11.6 Å². The standard InChI is InChI=1S/C13H16ClFN2O3S/c1-20-12-8-11-10(7-9(12)15)16-13(3-4-14)17(11)5-6-21(2,18)19/h7-8H,3-6H2,1-2H3. The second-order valence-electron chi connectivity index (χ2n) is 4.72. The van der Waals surface area contributed by atoms with Crippen LogP contribution in [0.1, 0.15) is 5.82 Å². The molecule has 0 saturated heterocycles. The molecule has 0 unspecified atom stereocenters. The van der Waals surface area contributed by atoms with Crippen molar-refractivity contribution >= 4 is 32.5 Å². The molecule has 0 aliphatic carbocycles.